The maximum absolute atomic E-state index is 14.4. The molecule has 4 N–H and O–H groups in total. The van der Waals surface area contributed by atoms with Gasteiger partial charge >= 0.3 is 47.9 Å². The smallest absolute Gasteiger partial charge is 0.412 e. The number of β-lactam (4-membered cyclic amide) rings is 1. The first-order valence-electron chi connectivity index (χ1n) is 26.4. The van der Waals surface area contributed by atoms with Crippen LogP contribution in [0.1, 0.15) is 69.4 Å². The number of rotatable bonds is 18. The lowest BCUT2D eigenvalue weighted by molar-refractivity contribution is -0.152. The van der Waals surface area contributed by atoms with Gasteiger partial charge in [-0.2, -0.15) is 0 Å². The van der Waals surface area contributed by atoms with E-state index in [1.54, 1.807) is 143 Å². The number of carbonyl (C=O) groups is 10. The number of piperazine rings is 1. The van der Waals surface area contributed by atoms with E-state index in [1.807, 2.05) is 12.1 Å². The second-order valence-electron chi connectivity index (χ2n) is 20.3. The van der Waals surface area contributed by atoms with Crippen molar-refractivity contribution in [2.75, 3.05) is 57.1 Å². The Kier molecular flexibility index (Phi) is 18.4. The van der Waals surface area contributed by atoms with Crippen LogP contribution >= 0.6 is 11.8 Å². The number of ether oxygens (including phenoxy) is 5. The van der Waals surface area contributed by atoms with E-state index in [0.717, 1.165) is 18.7 Å². The lowest BCUT2D eigenvalue weighted by atomic mass is 9.74. The number of quaternary nitrogens is 1. The zero-order chi connectivity index (χ0) is 59.6. The molecule has 0 aliphatic carbocycles. The fraction of sp³-hybridized carbons (Fsp3) is 0.300. The number of nitrogens with zero attached hydrogens (tertiary/aromatic N) is 3. The number of urea groups is 1. The molecule has 5 aromatic rings. The molecule has 2 unspecified atom stereocenters. The highest BCUT2D eigenvalue weighted by Gasteiger charge is 2.53. The molecule has 3 heterocycles. The van der Waals surface area contributed by atoms with Crippen molar-refractivity contribution in [2.45, 2.75) is 68.9 Å². The fourth-order valence-corrected chi connectivity index (χ4v) is 11.4. The van der Waals surface area contributed by atoms with Gasteiger partial charge in [-0.1, -0.05) is 121 Å². The Morgan fingerprint density at radius 3 is 1.94 bits per heavy atom. The number of benzene rings is 5. The van der Waals surface area contributed by atoms with Gasteiger partial charge in [0.05, 0.1) is 38.5 Å². The van der Waals surface area contributed by atoms with Crippen LogP contribution in [-0.4, -0.2) is 132 Å². The maximum Gasteiger partial charge on any atom is 0.412 e. The summed E-state index contributed by atoms with van der Waals surface area (Å²) in [7, 11) is 1.17. The van der Waals surface area contributed by atoms with Crippen molar-refractivity contribution in [3.05, 3.63) is 173 Å². The quantitative estimate of drug-likeness (QED) is 0.0225. The van der Waals surface area contributed by atoms with Crippen molar-refractivity contribution in [1.82, 2.24) is 24.9 Å². The van der Waals surface area contributed by atoms with E-state index in [2.05, 4.69) is 21.3 Å². The first-order chi connectivity index (χ1) is 39.7. The van der Waals surface area contributed by atoms with Crippen LogP contribution < -0.4 is 25.8 Å². The third-order valence-electron chi connectivity index (χ3n) is 14.0. The van der Waals surface area contributed by atoms with Crippen LogP contribution in [0, 0.1) is 0 Å². The molecule has 8 amide bonds. The Morgan fingerprint density at radius 2 is 1.34 bits per heavy atom. The highest BCUT2D eigenvalue weighted by Crippen LogP contribution is 2.45. The molecule has 2 fully saturated rings. The molecular formula is C60H62N7O15S+. The topological polar surface area (TPSA) is 271 Å². The van der Waals surface area contributed by atoms with Gasteiger partial charge in [0.25, 0.3) is 0 Å². The highest BCUT2D eigenvalue weighted by molar-refractivity contribution is 8.00. The van der Waals surface area contributed by atoms with Gasteiger partial charge in [-0.25, -0.2) is 33.4 Å². The summed E-state index contributed by atoms with van der Waals surface area (Å²) in [5.74, 6) is -5.91. The van der Waals surface area contributed by atoms with Crippen molar-refractivity contribution in [2.24, 2.45) is 0 Å². The summed E-state index contributed by atoms with van der Waals surface area (Å²) in [5, 5.41) is 8.83. The molecule has 0 saturated carbocycles. The molecule has 0 spiro atoms. The number of esters is 3. The van der Waals surface area contributed by atoms with Crippen molar-refractivity contribution < 1.29 is 71.6 Å². The number of fused-ring (bicyclic) bond motifs is 1. The van der Waals surface area contributed by atoms with Crippen LogP contribution in [0.5, 0.6) is 0 Å². The number of hydrogen-bond acceptors (Lipinski definition) is 16. The van der Waals surface area contributed by atoms with Crippen LogP contribution in [0.3, 0.4) is 0 Å². The molecule has 3 aliphatic heterocycles. The first kappa shape index (κ1) is 59.8. The Bertz CT molecular complexity index is 3320. The van der Waals surface area contributed by atoms with E-state index in [0.29, 0.717) is 21.6 Å². The standard InChI is InChI=1S/C60H61N7O15S/c1-7-67(45-30-20-19-29-44(45)63-57(76)80-36-60(55(74)78-6,40-25-15-10-16-26-40)42-27-17-18-28-43(42)62-58(77)82-59(3,4)5)32-31-65(52(71)53(67)72)56(75)61-34-46(69)64-51-41(35-79-37(2)68)49(66-47(70)33-48(66)83-51)54(73)81-50(38-21-11-8-12-22-38)39-23-13-9-14-24-39/h8-30,48,50-51H,7,31-36H2,1-6H3,(H3-,61,62,63,64,69,75,76,77)/p+1/t48-,51-,60?,67?/m0/s1. The molecule has 3 aliphatic rings. The average Bonchev–Trinajstić information content (AvgIpc) is 3.54. The Balaban J connectivity index is 0.963. The zero-order valence-electron chi connectivity index (χ0n) is 46.3. The highest BCUT2D eigenvalue weighted by atomic mass is 32.2. The number of methoxy groups -OCH3 is 1. The molecule has 83 heavy (non-hydrogen) atoms. The van der Waals surface area contributed by atoms with E-state index in [9.17, 15) is 47.9 Å². The van der Waals surface area contributed by atoms with E-state index in [4.69, 9.17) is 23.7 Å². The summed E-state index contributed by atoms with van der Waals surface area (Å²) in [6.45, 7) is 5.49. The number of hydrogen-bond donors (Lipinski definition) is 4. The van der Waals surface area contributed by atoms with Gasteiger partial charge < -0.3 is 34.3 Å². The second kappa shape index (κ2) is 25.6. The summed E-state index contributed by atoms with van der Waals surface area (Å²) in [6.07, 6.45) is -2.78. The molecule has 0 radical (unpaired) electrons. The average molecular weight is 1150 g/mol. The van der Waals surface area contributed by atoms with Crippen molar-refractivity contribution in [3.8, 4) is 0 Å². The molecule has 22 nitrogen and oxygen atoms in total. The minimum atomic E-state index is -1.87. The number of likely N-dealkylation sites (N-methyl/N-ethyl adjacent to an activating group) is 1. The van der Waals surface area contributed by atoms with Gasteiger partial charge in [-0.15, -0.1) is 11.8 Å². The summed E-state index contributed by atoms with van der Waals surface area (Å²) >= 11 is 1.10. The van der Waals surface area contributed by atoms with Crippen LogP contribution in [0.2, 0.25) is 0 Å². The Labute approximate surface area is 482 Å². The number of nitrogens with one attached hydrogen (secondary N) is 4. The lowest BCUT2D eigenvalue weighted by Gasteiger charge is -2.47. The minimum Gasteiger partial charge on any atom is -0.468 e. The number of para-hydroxylation sites is 3. The molecule has 23 heteroatoms. The molecule has 2 saturated heterocycles. The predicted octanol–water partition coefficient (Wildman–Crippen LogP) is 7.04. The largest absolute Gasteiger partial charge is 0.468 e. The molecule has 8 rings (SSSR count). The molecule has 5 aromatic carbocycles. The predicted molar refractivity (Wildman–Crippen MR) is 304 cm³/mol. The molecule has 4 atom stereocenters. The van der Waals surface area contributed by atoms with Gasteiger partial charge in [0.15, 0.2) is 17.2 Å². The number of thioether (sulfide) groups is 1. The monoisotopic (exact) mass is 1150 g/mol. The van der Waals surface area contributed by atoms with E-state index < -0.39 is 112 Å². The SMILES string of the molecule is CC[N+]1(c2ccccc2NC(=O)OCC(C(=O)OC)(c2ccccc2)c2ccccc2NC(=O)OC(C)(C)C)CCN(C(=O)NCC(=O)N[C@H]2S[C@H]3CC(=O)N3C(C(=O)OC(c3ccccc3)c3ccccc3)=C2COC(C)=O)C(=O)C1=O. The van der Waals surface area contributed by atoms with Crippen molar-refractivity contribution in [3.63, 3.8) is 0 Å². The third-order valence-corrected chi connectivity index (χ3v) is 15.3. The normalized spacial score (nSPS) is 18.3. The fourth-order valence-electron chi connectivity index (χ4n) is 9.97. The van der Waals surface area contributed by atoms with Crippen molar-refractivity contribution in [1.29, 1.82) is 0 Å². The Hall–Kier alpha value is -9.35. The van der Waals surface area contributed by atoms with Gasteiger partial charge in [0, 0.05) is 29.8 Å². The van der Waals surface area contributed by atoms with E-state index >= 15 is 0 Å². The number of amides is 8. The maximum atomic E-state index is 14.4. The zero-order valence-corrected chi connectivity index (χ0v) is 47.2. The van der Waals surface area contributed by atoms with Crippen LogP contribution in [-0.2, 0) is 62.7 Å². The summed E-state index contributed by atoms with van der Waals surface area (Å²) in [5.41, 5.74) is -0.669. The summed E-state index contributed by atoms with van der Waals surface area (Å²) in [6, 6.07) is 37.8. The molecule has 0 aromatic heterocycles. The Morgan fingerprint density at radius 1 is 0.747 bits per heavy atom. The van der Waals surface area contributed by atoms with Crippen LogP contribution in [0.15, 0.2) is 151 Å². The van der Waals surface area contributed by atoms with Gasteiger partial charge in [0.2, 0.25) is 11.8 Å². The molecular weight excluding hydrogens is 1090 g/mol. The van der Waals surface area contributed by atoms with E-state index in [-0.39, 0.29) is 60.0 Å². The van der Waals surface area contributed by atoms with Crippen molar-refractivity contribution >= 4 is 88.6 Å². The van der Waals surface area contributed by atoms with E-state index in [1.165, 1.54) is 24.1 Å². The second-order valence-corrected chi connectivity index (χ2v) is 21.6. The van der Waals surface area contributed by atoms with Crippen LogP contribution in [0.25, 0.3) is 0 Å². The molecule has 0 bridgehead atoms. The number of anilines is 2. The lowest BCUT2D eigenvalue weighted by Crippen LogP contribution is -2.69. The number of imide groups is 1. The van der Waals surface area contributed by atoms with Crippen LogP contribution in [0.4, 0.5) is 31.4 Å². The first-order valence-corrected chi connectivity index (χ1v) is 27.4. The van der Waals surface area contributed by atoms with Gasteiger partial charge in [0.1, 0.15) is 42.1 Å². The van der Waals surface area contributed by atoms with Gasteiger partial charge in [-0.3, -0.25) is 39.5 Å². The molecule has 432 valence electrons. The van der Waals surface area contributed by atoms with Gasteiger partial charge in [-0.05, 0) is 56.5 Å². The third kappa shape index (κ3) is 13.1. The number of carbonyl (C=O) groups excluding carboxylic acids is 10. The minimum absolute atomic E-state index is 0.0135. The summed E-state index contributed by atoms with van der Waals surface area (Å²) in [4.78, 5) is 139. The summed E-state index contributed by atoms with van der Waals surface area (Å²) < 4.78 is 27.6.